The third-order valence-corrected chi connectivity index (χ3v) is 4.07. The summed E-state index contributed by atoms with van der Waals surface area (Å²) in [5.41, 5.74) is 0.150. The van der Waals surface area contributed by atoms with Gasteiger partial charge in [0.05, 0.1) is 5.92 Å². The molecule has 1 saturated carbocycles. The van der Waals surface area contributed by atoms with Crippen LogP contribution in [0.15, 0.2) is 4.42 Å². The summed E-state index contributed by atoms with van der Waals surface area (Å²) in [7, 11) is 0. The van der Waals surface area contributed by atoms with Gasteiger partial charge in [-0.15, -0.1) is 10.2 Å². The van der Waals surface area contributed by atoms with E-state index in [1.807, 2.05) is 0 Å². The molecule has 0 amide bonds. The van der Waals surface area contributed by atoms with Gasteiger partial charge in [0.2, 0.25) is 11.8 Å². The zero-order chi connectivity index (χ0) is 11.0. The quantitative estimate of drug-likeness (QED) is 0.829. The molecule has 1 aliphatic carbocycles. The Labute approximate surface area is 95.8 Å². The Morgan fingerprint density at radius 3 is 2.81 bits per heavy atom. The smallest absolute Gasteiger partial charge is 0.222 e. The molecule has 4 nitrogen and oxygen atoms in total. The standard InChI is InChI=1S/C12H19N3O/c1-12(5-2-3-6-12)11-15-14-10(16-11)9-4-7-13-8-9/h9,13H,2-8H2,1H3. The third kappa shape index (κ3) is 1.65. The van der Waals surface area contributed by atoms with Gasteiger partial charge in [0, 0.05) is 12.0 Å². The summed E-state index contributed by atoms with van der Waals surface area (Å²) in [5, 5.41) is 11.8. The van der Waals surface area contributed by atoms with Crippen molar-refractivity contribution >= 4 is 0 Å². The zero-order valence-electron chi connectivity index (χ0n) is 9.83. The average molecular weight is 221 g/mol. The minimum absolute atomic E-state index is 0.150. The van der Waals surface area contributed by atoms with Crippen molar-refractivity contribution in [3.63, 3.8) is 0 Å². The van der Waals surface area contributed by atoms with Crippen LogP contribution in [0.3, 0.4) is 0 Å². The van der Waals surface area contributed by atoms with Crippen molar-refractivity contribution in [2.75, 3.05) is 13.1 Å². The summed E-state index contributed by atoms with van der Waals surface area (Å²) in [4.78, 5) is 0. The maximum absolute atomic E-state index is 5.89. The maximum atomic E-state index is 5.89. The van der Waals surface area contributed by atoms with E-state index in [-0.39, 0.29) is 5.41 Å². The molecule has 0 radical (unpaired) electrons. The molecule has 3 rings (SSSR count). The van der Waals surface area contributed by atoms with Crippen molar-refractivity contribution in [1.82, 2.24) is 15.5 Å². The third-order valence-electron chi connectivity index (χ3n) is 4.07. The molecule has 4 heteroatoms. The Hall–Kier alpha value is -0.900. The van der Waals surface area contributed by atoms with E-state index < -0.39 is 0 Å². The van der Waals surface area contributed by atoms with Crippen molar-refractivity contribution in [2.45, 2.75) is 50.4 Å². The molecule has 1 aliphatic heterocycles. The fourth-order valence-electron chi connectivity index (χ4n) is 2.88. The first kappa shape index (κ1) is 10.3. The van der Waals surface area contributed by atoms with Gasteiger partial charge < -0.3 is 9.73 Å². The van der Waals surface area contributed by atoms with Gasteiger partial charge >= 0.3 is 0 Å². The first-order chi connectivity index (χ1) is 7.78. The topological polar surface area (TPSA) is 51.0 Å². The van der Waals surface area contributed by atoms with Crippen molar-refractivity contribution in [2.24, 2.45) is 0 Å². The van der Waals surface area contributed by atoms with Crippen molar-refractivity contribution in [3.05, 3.63) is 11.8 Å². The van der Waals surface area contributed by atoms with Gasteiger partial charge in [-0.05, 0) is 25.8 Å². The molecular weight excluding hydrogens is 202 g/mol. The molecule has 1 unspecified atom stereocenters. The van der Waals surface area contributed by atoms with E-state index in [1.54, 1.807) is 0 Å². The number of nitrogens with one attached hydrogen (secondary N) is 1. The summed E-state index contributed by atoms with van der Waals surface area (Å²) in [6.45, 7) is 4.31. The molecule has 1 atom stereocenters. The molecule has 88 valence electrons. The van der Waals surface area contributed by atoms with Gasteiger partial charge in [-0.3, -0.25) is 0 Å². The van der Waals surface area contributed by atoms with E-state index in [9.17, 15) is 0 Å². The molecule has 16 heavy (non-hydrogen) atoms. The molecule has 0 bridgehead atoms. The Balaban J connectivity index is 1.81. The van der Waals surface area contributed by atoms with Gasteiger partial charge in [-0.1, -0.05) is 19.8 Å². The van der Waals surface area contributed by atoms with Crippen molar-refractivity contribution in [1.29, 1.82) is 0 Å². The van der Waals surface area contributed by atoms with Crippen molar-refractivity contribution in [3.8, 4) is 0 Å². The van der Waals surface area contributed by atoms with Gasteiger partial charge in [0.1, 0.15) is 0 Å². The predicted octanol–water partition coefficient (Wildman–Crippen LogP) is 1.98. The van der Waals surface area contributed by atoms with E-state index in [0.29, 0.717) is 5.92 Å². The average Bonchev–Trinajstić information content (AvgIpc) is 2.98. The van der Waals surface area contributed by atoms with Crippen LogP contribution in [-0.4, -0.2) is 23.3 Å². The first-order valence-electron chi connectivity index (χ1n) is 6.32. The highest BCUT2D eigenvalue weighted by molar-refractivity contribution is 5.06. The van der Waals surface area contributed by atoms with Crippen LogP contribution in [0.4, 0.5) is 0 Å². The number of nitrogens with zero attached hydrogens (tertiary/aromatic N) is 2. The zero-order valence-corrected chi connectivity index (χ0v) is 9.83. The lowest BCUT2D eigenvalue weighted by Crippen LogP contribution is -2.17. The Bertz CT molecular complexity index is 362. The second-order valence-electron chi connectivity index (χ2n) is 5.40. The molecule has 0 aromatic carbocycles. The van der Waals surface area contributed by atoms with Crippen LogP contribution < -0.4 is 5.32 Å². The Morgan fingerprint density at radius 2 is 2.12 bits per heavy atom. The van der Waals surface area contributed by atoms with E-state index in [0.717, 1.165) is 31.3 Å². The predicted molar refractivity (Wildman–Crippen MR) is 60.3 cm³/mol. The molecular formula is C12H19N3O. The summed E-state index contributed by atoms with van der Waals surface area (Å²) < 4.78 is 5.89. The van der Waals surface area contributed by atoms with Crippen LogP contribution in [0, 0.1) is 0 Å². The van der Waals surface area contributed by atoms with E-state index in [2.05, 4.69) is 22.4 Å². The highest BCUT2D eigenvalue weighted by atomic mass is 16.4. The summed E-state index contributed by atoms with van der Waals surface area (Å²) in [6.07, 6.45) is 6.09. The van der Waals surface area contributed by atoms with Crippen LogP contribution in [0.2, 0.25) is 0 Å². The number of hydrogen-bond acceptors (Lipinski definition) is 4. The molecule has 1 aromatic heterocycles. The fourth-order valence-corrected chi connectivity index (χ4v) is 2.88. The Kier molecular flexibility index (Phi) is 2.46. The lowest BCUT2D eigenvalue weighted by Gasteiger charge is -2.17. The monoisotopic (exact) mass is 221 g/mol. The minimum atomic E-state index is 0.150. The van der Waals surface area contributed by atoms with Crippen LogP contribution in [0.1, 0.15) is 56.7 Å². The summed E-state index contributed by atoms with van der Waals surface area (Å²) >= 11 is 0. The van der Waals surface area contributed by atoms with Crippen LogP contribution in [0.25, 0.3) is 0 Å². The van der Waals surface area contributed by atoms with Gasteiger partial charge in [0.15, 0.2) is 0 Å². The van der Waals surface area contributed by atoms with Crippen LogP contribution in [-0.2, 0) is 5.41 Å². The van der Waals surface area contributed by atoms with Crippen LogP contribution >= 0.6 is 0 Å². The Morgan fingerprint density at radius 1 is 1.31 bits per heavy atom. The molecule has 0 spiro atoms. The highest BCUT2D eigenvalue weighted by Crippen LogP contribution is 2.40. The normalized spacial score (nSPS) is 28.7. The first-order valence-corrected chi connectivity index (χ1v) is 6.32. The molecule has 1 saturated heterocycles. The summed E-state index contributed by atoms with van der Waals surface area (Å²) in [6, 6.07) is 0. The van der Waals surface area contributed by atoms with Gasteiger partial charge in [-0.25, -0.2) is 0 Å². The largest absolute Gasteiger partial charge is 0.424 e. The molecule has 2 fully saturated rings. The highest BCUT2D eigenvalue weighted by Gasteiger charge is 2.36. The second kappa shape index (κ2) is 3.84. The second-order valence-corrected chi connectivity index (χ2v) is 5.40. The van der Waals surface area contributed by atoms with Crippen molar-refractivity contribution < 1.29 is 4.42 Å². The SMILES string of the molecule is CC1(c2nnc(C3CCNC3)o2)CCCC1. The fraction of sp³-hybridized carbons (Fsp3) is 0.833. The molecule has 1 aromatic rings. The van der Waals surface area contributed by atoms with Gasteiger partial charge in [0.25, 0.3) is 0 Å². The summed E-state index contributed by atoms with van der Waals surface area (Å²) in [5.74, 6) is 2.14. The lowest BCUT2D eigenvalue weighted by molar-refractivity contribution is 0.328. The van der Waals surface area contributed by atoms with Gasteiger partial charge in [-0.2, -0.15) is 0 Å². The molecule has 1 N–H and O–H groups in total. The minimum Gasteiger partial charge on any atom is -0.424 e. The molecule has 2 heterocycles. The maximum Gasteiger partial charge on any atom is 0.222 e. The number of rotatable bonds is 2. The number of aromatic nitrogens is 2. The molecule has 2 aliphatic rings. The van der Waals surface area contributed by atoms with E-state index in [4.69, 9.17) is 4.42 Å². The van der Waals surface area contributed by atoms with E-state index in [1.165, 1.54) is 25.7 Å². The van der Waals surface area contributed by atoms with Crippen LogP contribution in [0.5, 0.6) is 0 Å². The lowest BCUT2D eigenvalue weighted by atomic mass is 9.89. The number of hydrogen-bond donors (Lipinski definition) is 1. The van der Waals surface area contributed by atoms with E-state index >= 15 is 0 Å².